The minimum atomic E-state index is -0.657. The number of ether oxygens (including phenoxy) is 1. The highest BCUT2D eigenvalue weighted by atomic mass is 35.5. The van der Waals surface area contributed by atoms with Gasteiger partial charge >= 0.3 is 5.97 Å². The van der Waals surface area contributed by atoms with Crippen LogP contribution < -0.4 is 5.32 Å². The molecule has 0 fully saturated rings. The van der Waals surface area contributed by atoms with Crippen LogP contribution in [0.2, 0.25) is 0 Å². The maximum Gasteiger partial charge on any atom is 0.325 e. The SMILES string of the molecule is COC(=O)[C@@H](CO)NCc1ccccc1.Cl. The van der Waals surface area contributed by atoms with E-state index in [0.29, 0.717) is 6.54 Å². The molecule has 1 atom stereocenters. The molecule has 0 unspecified atom stereocenters. The van der Waals surface area contributed by atoms with Crippen molar-refractivity contribution in [3.8, 4) is 0 Å². The molecular weight excluding hydrogens is 230 g/mol. The first kappa shape index (κ1) is 14.9. The highest BCUT2D eigenvalue weighted by Crippen LogP contribution is 1.98. The van der Waals surface area contributed by atoms with Crippen LogP contribution in [0.25, 0.3) is 0 Å². The maximum atomic E-state index is 11.1. The molecule has 1 aromatic rings. The fourth-order valence-corrected chi connectivity index (χ4v) is 1.20. The standard InChI is InChI=1S/C11H15NO3.ClH/c1-15-11(14)10(8-13)12-7-9-5-3-2-4-6-9;/h2-6,10,12-13H,7-8H2,1H3;1H/t10-;/m1./s1. The average molecular weight is 246 g/mol. The molecule has 90 valence electrons. The van der Waals surface area contributed by atoms with Crippen LogP contribution in [0.1, 0.15) is 5.56 Å². The molecule has 1 rings (SSSR count). The van der Waals surface area contributed by atoms with Crippen molar-refractivity contribution in [2.45, 2.75) is 12.6 Å². The van der Waals surface area contributed by atoms with Crippen molar-refractivity contribution in [2.75, 3.05) is 13.7 Å². The lowest BCUT2D eigenvalue weighted by atomic mass is 10.2. The second-order valence-electron chi connectivity index (χ2n) is 3.12. The van der Waals surface area contributed by atoms with E-state index in [1.807, 2.05) is 30.3 Å². The topological polar surface area (TPSA) is 58.6 Å². The summed E-state index contributed by atoms with van der Waals surface area (Å²) in [6.07, 6.45) is 0. The van der Waals surface area contributed by atoms with Gasteiger partial charge in [0, 0.05) is 6.54 Å². The summed E-state index contributed by atoms with van der Waals surface area (Å²) in [5, 5.41) is 11.9. The zero-order chi connectivity index (χ0) is 11.1. The van der Waals surface area contributed by atoms with Crippen molar-refractivity contribution in [1.82, 2.24) is 5.32 Å². The summed E-state index contributed by atoms with van der Waals surface area (Å²) in [7, 11) is 1.30. The lowest BCUT2D eigenvalue weighted by Crippen LogP contribution is -2.40. The van der Waals surface area contributed by atoms with E-state index in [1.54, 1.807) is 0 Å². The van der Waals surface area contributed by atoms with E-state index in [0.717, 1.165) is 5.56 Å². The summed E-state index contributed by atoms with van der Waals surface area (Å²) < 4.78 is 4.53. The highest BCUT2D eigenvalue weighted by molar-refractivity contribution is 5.85. The van der Waals surface area contributed by atoms with Crippen LogP contribution in [0.5, 0.6) is 0 Å². The van der Waals surface area contributed by atoms with Gasteiger partial charge in [-0.15, -0.1) is 12.4 Å². The van der Waals surface area contributed by atoms with Gasteiger partial charge in [-0.2, -0.15) is 0 Å². The lowest BCUT2D eigenvalue weighted by molar-refractivity contribution is -0.144. The van der Waals surface area contributed by atoms with Crippen LogP contribution in [0.4, 0.5) is 0 Å². The van der Waals surface area contributed by atoms with Crippen molar-refractivity contribution in [3.63, 3.8) is 0 Å². The number of esters is 1. The van der Waals surface area contributed by atoms with Crippen LogP contribution >= 0.6 is 12.4 Å². The molecule has 0 aromatic heterocycles. The Labute approximate surface area is 101 Å². The van der Waals surface area contributed by atoms with E-state index in [4.69, 9.17) is 5.11 Å². The fourth-order valence-electron chi connectivity index (χ4n) is 1.20. The first-order valence-corrected chi connectivity index (χ1v) is 4.74. The Bertz CT molecular complexity index is 305. The molecule has 0 radical (unpaired) electrons. The number of nitrogens with one attached hydrogen (secondary N) is 1. The third-order valence-corrected chi connectivity index (χ3v) is 2.06. The number of aliphatic hydroxyl groups excluding tert-OH is 1. The van der Waals surface area contributed by atoms with Gasteiger partial charge in [-0.05, 0) is 5.56 Å². The molecule has 0 saturated heterocycles. The van der Waals surface area contributed by atoms with Gasteiger partial charge in [-0.25, -0.2) is 0 Å². The molecule has 0 spiro atoms. The smallest absolute Gasteiger partial charge is 0.325 e. The van der Waals surface area contributed by atoms with E-state index >= 15 is 0 Å². The van der Waals surface area contributed by atoms with Gasteiger partial charge in [0.15, 0.2) is 0 Å². The molecule has 0 heterocycles. The Morgan fingerprint density at radius 1 is 1.44 bits per heavy atom. The quantitative estimate of drug-likeness (QED) is 0.751. The fraction of sp³-hybridized carbons (Fsp3) is 0.364. The number of aliphatic hydroxyl groups is 1. The van der Waals surface area contributed by atoms with Gasteiger partial charge in [-0.3, -0.25) is 10.1 Å². The van der Waals surface area contributed by atoms with Gasteiger partial charge in [-0.1, -0.05) is 30.3 Å². The van der Waals surface area contributed by atoms with Crippen molar-refractivity contribution in [1.29, 1.82) is 0 Å². The minimum absolute atomic E-state index is 0. The number of carbonyl (C=O) groups excluding carboxylic acids is 1. The first-order chi connectivity index (χ1) is 7.27. The zero-order valence-corrected chi connectivity index (χ0v) is 9.87. The number of hydrogen-bond acceptors (Lipinski definition) is 4. The van der Waals surface area contributed by atoms with Crippen LogP contribution in [0.15, 0.2) is 30.3 Å². The van der Waals surface area contributed by atoms with Gasteiger partial charge < -0.3 is 9.84 Å². The predicted octanol–water partition coefficient (Wildman–Crippen LogP) is 0.732. The van der Waals surface area contributed by atoms with Crippen molar-refractivity contribution in [2.24, 2.45) is 0 Å². The molecule has 0 aliphatic heterocycles. The summed E-state index contributed by atoms with van der Waals surface area (Å²) in [5.41, 5.74) is 1.06. The Balaban J connectivity index is 0.00000225. The van der Waals surface area contributed by atoms with Crippen LogP contribution in [-0.4, -0.2) is 30.8 Å². The second kappa shape index (κ2) is 8.10. The highest BCUT2D eigenvalue weighted by Gasteiger charge is 2.16. The van der Waals surface area contributed by atoms with Gasteiger partial charge in [0.05, 0.1) is 13.7 Å². The summed E-state index contributed by atoms with van der Waals surface area (Å²) >= 11 is 0. The lowest BCUT2D eigenvalue weighted by Gasteiger charge is -2.13. The Morgan fingerprint density at radius 3 is 2.56 bits per heavy atom. The Hall–Kier alpha value is -1.10. The van der Waals surface area contributed by atoms with E-state index in [9.17, 15) is 4.79 Å². The molecule has 0 saturated carbocycles. The number of halogens is 1. The third kappa shape index (κ3) is 4.61. The number of methoxy groups -OCH3 is 1. The molecule has 4 nitrogen and oxygen atoms in total. The average Bonchev–Trinajstić information content (AvgIpc) is 2.31. The van der Waals surface area contributed by atoms with Crippen molar-refractivity contribution in [3.05, 3.63) is 35.9 Å². The Morgan fingerprint density at radius 2 is 2.06 bits per heavy atom. The summed E-state index contributed by atoms with van der Waals surface area (Å²) in [6.45, 7) is 0.265. The molecule has 2 N–H and O–H groups in total. The van der Waals surface area contributed by atoms with E-state index in [1.165, 1.54) is 7.11 Å². The Kier molecular flexibility index (Phi) is 7.54. The van der Waals surface area contributed by atoms with Gasteiger partial charge in [0.1, 0.15) is 6.04 Å². The van der Waals surface area contributed by atoms with Gasteiger partial charge in [0.2, 0.25) is 0 Å². The normalized spacial score (nSPS) is 11.4. The summed E-state index contributed by atoms with van der Waals surface area (Å²) in [6, 6.07) is 8.99. The number of benzene rings is 1. The second-order valence-corrected chi connectivity index (χ2v) is 3.12. The van der Waals surface area contributed by atoms with Crippen LogP contribution in [0, 0.1) is 0 Å². The monoisotopic (exact) mass is 245 g/mol. The third-order valence-electron chi connectivity index (χ3n) is 2.06. The molecule has 0 amide bonds. The van der Waals surface area contributed by atoms with Crippen molar-refractivity contribution < 1.29 is 14.6 Å². The van der Waals surface area contributed by atoms with E-state index in [-0.39, 0.29) is 19.0 Å². The molecule has 0 aliphatic carbocycles. The summed E-state index contributed by atoms with van der Waals surface area (Å²) in [4.78, 5) is 11.1. The van der Waals surface area contributed by atoms with Crippen molar-refractivity contribution >= 4 is 18.4 Å². The van der Waals surface area contributed by atoms with Gasteiger partial charge in [0.25, 0.3) is 0 Å². The molecule has 0 aliphatic rings. The summed E-state index contributed by atoms with van der Waals surface area (Å²) in [5.74, 6) is -0.451. The number of rotatable bonds is 5. The molecule has 5 heteroatoms. The van der Waals surface area contributed by atoms with Crippen LogP contribution in [-0.2, 0) is 16.1 Å². The van der Waals surface area contributed by atoms with Crippen LogP contribution in [0.3, 0.4) is 0 Å². The molecule has 1 aromatic carbocycles. The van der Waals surface area contributed by atoms with E-state index < -0.39 is 12.0 Å². The first-order valence-electron chi connectivity index (χ1n) is 4.74. The molecule has 16 heavy (non-hydrogen) atoms. The molecule has 0 bridgehead atoms. The number of carbonyl (C=O) groups is 1. The maximum absolute atomic E-state index is 11.1. The zero-order valence-electron chi connectivity index (χ0n) is 9.05. The molecular formula is C11H16ClNO3. The minimum Gasteiger partial charge on any atom is -0.468 e. The van der Waals surface area contributed by atoms with E-state index in [2.05, 4.69) is 10.1 Å². The number of hydrogen-bond donors (Lipinski definition) is 2. The largest absolute Gasteiger partial charge is 0.468 e. The predicted molar refractivity (Wildman–Crippen MR) is 63.4 cm³/mol.